The molecule has 1 atom stereocenters. The van der Waals surface area contributed by atoms with Crippen LogP contribution in [0.25, 0.3) is 0 Å². The van der Waals surface area contributed by atoms with Gasteiger partial charge in [-0.05, 0) is 23.8 Å². The maximum Gasteiger partial charge on any atom is 0.129 e. The van der Waals surface area contributed by atoms with Gasteiger partial charge in [-0.1, -0.05) is 17.7 Å². The molecule has 5 heteroatoms. The molecule has 0 saturated heterocycles. The van der Waals surface area contributed by atoms with Gasteiger partial charge in [0.05, 0.1) is 10.7 Å². The van der Waals surface area contributed by atoms with E-state index in [1.807, 2.05) is 0 Å². The molecule has 1 heterocycles. The minimum Gasteiger partial charge on any atom is -0.386 e. The van der Waals surface area contributed by atoms with Gasteiger partial charge in [-0.25, -0.2) is 8.78 Å². The largest absolute Gasteiger partial charge is 0.386 e. The number of rotatable bonds is 3. The smallest absolute Gasteiger partial charge is 0.129 e. The second-order valence-corrected chi connectivity index (χ2v) is 4.29. The van der Waals surface area contributed by atoms with Crippen molar-refractivity contribution in [2.24, 2.45) is 0 Å². The van der Waals surface area contributed by atoms with Gasteiger partial charge < -0.3 is 5.11 Å². The average molecular weight is 270 g/mol. The van der Waals surface area contributed by atoms with Crippen LogP contribution in [-0.2, 0) is 6.42 Å². The minimum atomic E-state index is -0.956. The predicted molar refractivity (Wildman–Crippen MR) is 64.3 cm³/mol. The van der Waals surface area contributed by atoms with E-state index in [1.165, 1.54) is 12.3 Å². The van der Waals surface area contributed by atoms with E-state index >= 15 is 0 Å². The van der Waals surface area contributed by atoms with Gasteiger partial charge in [-0.2, -0.15) is 0 Å². The summed E-state index contributed by atoms with van der Waals surface area (Å²) in [4.78, 5) is 3.94. The summed E-state index contributed by atoms with van der Waals surface area (Å²) in [5.41, 5.74) is 0.628. The molecular formula is C13H10ClF2NO. The van der Waals surface area contributed by atoms with Crippen LogP contribution in [0.2, 0.25) is 5.02 Å². The Morgan fingerprint density at radius 3 is 2.61 bits per heavy atom. The third kappa shape index (κ3) is 3.03. The van der Waals surface area contributed by atoms with Crippen molar-refractivity contribution in [3.8, 4) is 0 Å². The van der Waals surface area contributed by atoms with Crippen molar-refractivity contribution >= 4 is 11.6 Å². The fourth-order valence-electron chi connectivity index (χ4n) is 1.58. The Kier molecular flexibility index (Phi) is 3.89. The Bertz CT molecular complexity index is 545. The highest BCUT2D eigenvalue weighted by atomic mass is 35.5. The van der Waals surface area contributed by atoms with Crippen LogP contribution in [0.5, 0.6) is 0 Å². The van der Waals surface area contributed by atoms with Crippen LogP contribution in [0.3, 0.4) is 0 Å². The van der Waals surface area contributed by atoms with Crippen LogP contribution >= 0.6 is 11.6 Å². The Morgan fingerprint density at radius 1 is 1.22 bits per heavy atom. The zero-order valence-electron chi connectivity index (χ0n) is 9.28. The third-order valence-corrected chi connectivity index (χ3v) is 2.74. The SMILES string of the molecule is OC(Cc1ccc(F)cc1F)c1ccc(Cl)cn1. The van der Waals surface area contributed by atoms with E-state index in [0.717, 1.165) is 12.1 Å². The summed E-state index contributed by atoms with van der Waals surface area (Å²) in [6, 6.07) is 6.41. The summed E-state index contributed by atoms with van der Waals surface area (Å²) >= 11 is 5.67. The van der Waals surface area contributed by atoms with Gasteiger partial charge in [0.2, 0.25) is 0 Å². The molecule has 0 aliphatic heterocycles. The van der Waals surface area contributed by atoms with E-state index in [1.54, 1.807) is 12.1 Å². The highest BCUT2D eigenvalue weighted by molar-refractivity contribution is 6.30. The van der Waals surface area contributed by atoms with Crippen molar-refractivity contribution < 1.29 is 13.9 Å². The van der Waals surface area contributed by atoms with Gasteiger partial charge in [0, 0.05) is 18.7 Å². The van der Waals surface area contributed by atoms with Crippen molar-refractivity contribution in [2.45, 2.75) is 12.5 Å². The van der Waals surface area contributed by atoms with Crippen LogP contribution in [0.15, 0.2) is 36.5 Å². The van der Waals surface area contributed by atoms with E-state index < -0.39 is 17.7 Å². The molecule has 1 aromatic carbocycles. The molecule has 1 N–H and O–H groups in total. The maximum atomic E-state index is 13.4. The second-order valence-electron chi connectivity index (χ2n) is 3.86. The lowest BCUT2D eigenvalue weighted by atomic mass is 10.0. The lowest BCUT2D eigenvalue weighted by molar-refractivity contribution is 0.172. The lowest BCUT2D eigenvalue weighted by Gasteiger charge is -2.10. The van der Waals surface area contributed by atoms with E-state index in [9.17, 15) is 13.9 Å². The fourth-order valence-corrected chi connectivity index (χ4v) is 1.70. The number of hydrogen-bond acceptors (Lipinski definition) is 2. The van der Waals surface area contributed by atoms with E-state index in [-0.39, 0.29) is 12.0 Å². The van der Waals surface area contributed by atoms with Crippen LogP contribution in [0.4, 0.5) is 8.78 Å². The molecule has 0 radical (unpaired) electrons. The first-order valence-electron chi connectivity index (χ1n) is 5.29. The number of aliphatic hydroxyl groups excluding tert-OH is 1. The summed E-state index contributed by atoms with van der Waals surface area (Å²) in [6.45, 7) is 0. The van der Waals surface area contributed by atoms with Crippen molar-refractivity contribution in [3.05, 3.63) is 64.4 Å². The Hall–Kier alpha value is -1.52. The second kappa shape index (κ2) is 5.42. The first-order valence-corrected chi connectivity index (χ1v) is 5.67. The number of nitrogens with zero attached hydrogens (tertiary/aromatic N) is 1. The molecule has 0 aliphatic carbocycles. The number of halogens is 3. The molecule has 94 valence electrons. The molecule has 0 fully saturated rings. The normalized spacial score (nSPS) is 12.4. The monoisotopic (exact) mass is 269 g/mol. The van der Waals surface area contributed by atoms with Crippen molar-refractivity contribution in [1.29, 1.82) is 0 Å². The molecule has 1 unspecified atom stereocenters. The number of aliphatic hydroxyl groups is 1. The Balaban J connectivity index is 2.15. The third-order valence-electron chi connectivity index (χ3n) is 2.52. The Labute approximate surface area is 108 Å². The molecule has 1 aromatic heterocycles. The summed E-state index contributed by atoms with van der Waals surface area (Å²) in [5.74, 6) is -1.32. The van der Waals surface area contributed by atoms with Gasteiger partial charge in [-0.3, -0.25) is 4.98 Å². The zero-order chi connectivity index (χ0) is 13.1. The van der Waals surface area contributed by atoms with Gasteiger partial charge in [-0.15, -0.1) is 0 Å². The van der Waals surface area contributed by atoms with Gasteiger partial charge in [0.1, 0.15) is 17.7 Å². The van der Waals surface area contributed by atoms with Gasteiger partial charge in [0.15, 0.2) is 0 Å². The molecule has 2 rings (SSSR count). The van der Waals surface area contributed by atoms with Crippen LogP contribution < -0.4 is 0 Å². The van der Waals surface area contributed by atoms with Crippen LogP contribution in [0.1, 0.15) is 17.4 Å². The van der Waals surface area contributed by atoms with E-state index in [2.05, 4.69) is 4.98 Å². The molecule has 2 aromatic rings. The molecule has 0 spiro atoms. The van der Waals surface area contributed by atoms with Gasteiger partial charge >= 0.3 is 0 Å². The first kappa shape index (κ1) is 12.9. The fraction of sp³-hybridized carbons (Fsp3) is 0.154. The molecule has 18 heavy (non-hydrogen) atoms. The molecule has 0 saturated carbocycles. The molecule has 2 nitrogen and oxygen atoms in total. The number of benzene rings is 1. The topological polar surface area (TPSA) is 33.1 Å². The van der Waals surface area contributed by atoms with Gasteiger partial charge in [0.25, 0.3) is 0 Å². The summed E-state index contributed by atoms with van der Waals surface area (Å²) in [6.07, 6.45) is 0.476. The predicted octanol–water partition coefficient (Wildman–Crippen LogP) is 3.29. The summed E-state index contributed by atoms with van der Waals surface area (Å²) in [7, 11) is 0. The highest BCUT2D eigenvalue weighted by Crippen LogP contribution is 2.20. The number of pyridine rings is 1. The molecular weight excluding hydrogens is 260 g/mol. The molecule has 0 aliphatic rings. The van der Waals surface area contributed by atoms with Crippen molar-refractivity contribution in [3.63, 3.8) is 0 Å². The van der Waals surface area contributed by atoms with E-state index in [4.69, 9.17) is 11.6 Å². The standard InChI is InChI=1S/C13H10ClF2NO/c14-9-2-4-12(17-7-9)13(18)5-8-1-3-10(15)6-11(8)16/h1-4,6-7,13,18H,5H2. The zero-order valence-corrected chi connectivity index (χ0v) is 10.0. The molecule has 0 amide bonds. The average Bonchev–Trinajstić information content (AvgIpc) is 2.33. The quantitative estimate of drug-likeness (QED) is 0.927. The van der Waals surface area contributed by atoms with E-state index in [0.29, 0.717) is 10.7 Å². The number of hydrogen-bond donors (Lipinski definition) is 1. The van der Waals surface area contributed by atoms with Crippen molar-refractivity contribution in [1.82, 2.24) is 4.98 Å². The maximum absolute atomic E-state index is 13.4. The van der Waals surface area contributed by atoms with Crippen molar-refractivity contribution in [2.75, 3.05) is 0 Å². The number of aromatic nitrogens is 1. The summed E-state index contributed by atoms with van der Waals surface area (Å²) < 4.78 is 26.1. The first-order chi connectivity index (χ1) is 8.56. The lowest BCUT2D eigenvalue weighted by Crippen LogP contribution is -2.05. The summed E-state index contributed by atoms with van der Waals surface area (Å²) in [5, 5.41) is 10.3. The Morgan fingerprint density at radius 2 is 2.00 bits per heavy atom. The van der Waals surface area contributed by atoms with Crippen LogP contribution in [-0.4, -0.2) is 10.1 Å². The minimum absolute atomic E-state index is 0.0285. The highest BCUT2D eigenvalue weighted by Gasteiger charge is 2.13. The van der Waals surface area contributed by atoms with Crippen LogP contribution in [0, 0.1) is 11.6 Å². The molecule has 0 bridgehead atoms.